The number of nitrogens with two attached hydrogens (primary N) is 1. The van der Waals surface area contributed by atoms with Crippen LogP contribution in [0.5, 0.6) is 0 Å². The van der Waals surface area contributed by atoms with Crippen LogP contribution in [0.25, 0.3) is 0 Å². The Balaban J connectivity index is 2.51. The van der Waals surface area contributed by atoms with Crippen molar-refractivity contribution < 1.29 is 9.53 Å². The van der Waals surface area contributed by atoms with Crippen LogP contribution in [0.2, 0.25) is 0 Å². The van der Waals surface area contributed by atoms with Gasteiger partial charge in [-0.3, -0.25) is 9.79 Å². The topological polar surface area (TPSA) is 64.7 Å². The second-order valence-corrected chi connectivity index (χ2v) is 4.74. The Labute approximate surface area is 103 Å². The summed E-state index contributed by atoms with van der Waals surface area (Å²) in [6.07, 6.45) is 4.07. The van der Waals surface area contributed by atoms with E-state index in [4.69, 9.17) is 10.5 Å². The van der Waals surface area contributed by atoms with Gasteiger partial charge >= 0.3 is 0 Å². The zero-order valence-corrected chi connectivity index (χ0v) is 10.9. The van der Waals surface area contributed by atoms with E-state index in [0.717, 1.165) is 25.2 Å². The molecule has 0 aromatic carbocycles. The fourth-order valence-electron chi connectivity index (χ4n) is 1.71. The molecule has 0 aromatic rings. The third-order valence-electron chi connectivity index (χ3n) is 2.74. The van der Waals surface area contributed by atoms with Crippen LogP contribution in [0.1, 0.15) is 33.6 Å². The van der Waals surface area contributed by atoms with Crippen LogP contribution in [0, 0.1) is 5.92 Å². The van der Waals surface area contributed by atoms with Gasteiger partial charge in [-0.15, -0.1) is 0 Å². The molecule has 1 fully saturated rings. The van der Waals surface area contributed by atoms with E-state index in [1.165, 1.54) is 0 Å². The maximum atomic E-state index is 11.6. The molecule has 17 heavy (non-hydrogen) atoms. The van der Waals surface area contributed by atoms with E-state index in [1.807, 2.05) is 20.8 Å². The van der Waals surface area contributed by atoms with Crippen molar-refractivity contribution in [3.05, 3.63) is 11.8 Å². The maximum absolute atomic E-state index is 11.6. The van der Waals surface area contributed by atoms with Gasteiger partial charge in [0, 0.05) is 18.2 Å². The zero-order chi connectivity index (χ0) is 12.8. The van der Waals surface area contributed by atoms with E-state index in [9.17, 15) is 4.79 Å². The summed E-state index contributed by atoms with van der Waals surface area (Å²) < 4.78 is 5.47. The van der Waals surface area contributed by atoms with E-state index < -0.39 is 0 Å². The van der Waals surface area contributed by atoms with E-state index in [2.05, 4.69) is 4.99 Å². The molecule has 0 radical (unpaired) electrons. The molecule has 4 heteroatoms. The van der Waals surface area contributed by atoms with Crippen molar-refractivity contribution in [2.75, 3.05) is 13.2 Å². The van der Waals surface area contributed by atoms with Crippen LogP contribution in [0.15, 0.2) is 16.8 Å². The number of ketones is 1. The largest absolute Gasteiger partial charge is 0.396 e. The van der Waals surface area contributed by atoms with E-state index >= 15 is 0 Å². The molecule has 4 nitrogen and oxygen atoms in total. The van der Waals surface area contributed by atoms with Crippen LogP contribution in [0.4, 0.5) is 0 Å². The number of hydrogen-bond donors (Lipinski definition) is 1. The number of nitrogens with zero attached hydrogens (tertiary/aromatic N) is 1. The van der Waals surface area contributed by atoms with Gasteiger partial charge in [0.05, 0.1) is 18.3 Å². The predicted octanol–water partition coefficient (Wildman–Crippen LogP) is 1.69. The van der Waals surface area contributed by atoms with E-state index in [1.54, 1.807) is 6.08 Å². The molecule has 1 heterocycles. The Morgan fingerprint density at radius 2 is 2.29 bits per heavy atom. The fraction of sp³-hybridized carbons (Fsp3) is 0.692. The number of Topliss-reactive ketones (excluding diaryl/α,β-unsaturated/α-hetero) is 1. The molecule has 1 unspecified atom stereocenters. The van der Waals surface area contributed by atoms with Gasteiger partial charge in [0.25, 0.3) is 0 Å². The molecule has 0 aliphatic carbocycles. The Kier molecular flexibility index (Phi) is 5.35. The summed E-state index contributed by atoms with van der Waals surface area (Å²) >= 11 is 0. The van der Waals surface area contributed by atoms with Crippen molar-refractivity contribution in [1.82, 2.24) is 0 Å². The predicted molar refractivity (Wildman–Crippen MR) is 69.1 cm³/mol. The first kappa shape index (κ1) is 13.9. The van der Waals surface area contributed by atoms with Crippen molar-refractivity contribution in [3.8, 4) is 0 Å². The van der Waals surface area contributed by atoms with Crippen molar-refractivity contribution in [2.45, 2.75) is 39.7 Å². The quantitative estimate of drug-likeness (QED) is 0.585. The van der Waals surface area contributed by atoms with Gasteiger partial charge in [0.2, 0.25) is 0 Å². The highest BCUT2D eigenvalue weighted by Crippen LogP contribution is 2.12. The molecule has 96 valence electrons. The lowest BCUT2D eigenvalue weighted by atomic mass is 10.1. The summed E-state index contributed by atoms with van der Waals surface area (Å²) in [4.78, 5) is 15.9. The minimum absolute atomic E-state index is 0.0309. The summed E-state index contributed by atoms with van der Waals surface area (Å²) in [6.45, 7) is 7.02. The number of rotatable bonds is 5. The fourth-order valence-corrected chi connectivity index (χ4v) is 1.71. The molecule has 0 spiro atoms. The Morgan fingerprint density at radius 1 is 1.59 bits per heavy atom. The molecule has 0 amide bonds. The SMILES string of the molecule is CC(C=C(N)C(=O)C(C)C)=NCC1CCCO1. The van der Waals surface area contributed by atoms with Crippen LogP contribution in [0.3, 0.4) is 0 Å². The summed E-state index contributed by atoms with van der Waals surface area (Å²) in [6, 6.07) is 0. The van der Waals surface area contributed by atoms with Crippen molar-refractivity contribution in [2.24, 2.45) is 16.6 Å². The Bertz CT molecular complexity index is 326. The first-order chi connectivity index (χ1) is 8.00. The number of carbonyl (C=O) groups excluding carboxylic acids is 1. The lowest BCUT2D eigenvalue weighted by Gasteiger charge is -2.06. The van der Waals surface area contributed by atoms with Crippen LogP contribution in [-0.4, -0.2) is 30.8 Å². The number of hydrogen-bond acceptors (Lipinski definition) is 4. The molecule has 1 aliphatic rings. The van der Waals surface area contributed by atoms with Gasteiger partial charge < -0.3 is 10.5 Å². The van der Waals surface area contributed by atoms with E-state index in [0.29, 0.717) is 6.54 Å². The second kappa shape index (κ2) is 6.55. The highest BCUT2D eigenvalue weighted by molar-refractivity contribution is 6.03. The molecular formula is C13H22N2O2. The first-order valence-corrected chi connectivity index (χ1v) is 6.14. The average Bonchev–Trinajstić information content (AvgIpc) is 2.77. The Hall–Kier alpha value is -1.16. The second-order valence-electron chi connectivity index (χ2n) is 4.74. The monoisotopic (exact) mass is 238 g/mol. The first-order valence-electron chi connectivity index (χ1n) is 6.14. The van der Waals surface area contributed by atoms with Crippen molar-refractivity contribution in [1.29, 1.82) is 0 Å². The van der Waals surface area contributed by atoms with Crippen LogP contribution in [-0.2, 0) is 9.53 Å². The number of aliphatic imine (C=N–C) groups is 1. The van der Waals surface area contributed by atoms with Crippen molar-refractivity contribution >= 4 is 11.5 Å². The summed E-state index contributed by atoms with van der Waals surface area (Å²) in [7, 11) is 0. The van der Waals surface area contributed by atoms with Gasteiger partial charge in [0.1, 0.15) is 0 Å². The van der Waals surface area contributed by atoms with Crippen LogP contribution < -0.4 is 5.73 Å². The molecule has 1 atom stereocenters. The molecule has 0 saturated carbocycles. The molecule has 1 saturated heterocycles. The minimum atomic E-state index is -0.0720. The molecule has 0 aromatic heterocycles. The third-order valence-corrected chi connectivity index (χ3v) is 2.74. The maximum Gasteiger partial charge on any atom is 0.181 e. The highest BCUT2D eigenvalue weighted by atomic mass is 16.5. The van der Waals surface area contributed by atoms with Gasteiger partial charge in [-0.25, -0.2) is 0 Å². The number of carbonyl (C=O) groups is 1. The van der Waals surface area contributed by atoms with E-state index in [-0.39, 0.29) is 23.5 Å². The number of allylic oxidation sites excluding steroid dienone is 2. The third kappa shape index (κ3) is 4.69. The van der Waals surface area contributed by atoms with Gasteiger partial charge in [-0.05, 0) is 25.8 Å². The van der Waals surface area contributed by atoms with Gasteiger partial charge in [-0.1, -0.05) is 13.8 Å². The lowest BCUT2D eigenvalue weighted by molar-refractivity contribution is -0.118. The summed E-state index contributed by atoms with van der Waals surface area (Å²) in [5, 5.41) is 0. The zero-order valence-electron chi connectivity index (χ0n) is 10.9. The highest BCUT2D eigenvalue weighted by Gasteiger charge is 2.14. The average molecular weight is 238 g/mol. The van der Waals surface area contributed by atoms with Gasteiger partial charge in [-0.2, -0.15) is 0 Å². The standard InChI is InChI=1S/C13H22N2O2/c1-9(2)13(16)12(14)7-10(3)15-8-11-5-4-6-17-11/h7,9,11H,4-6,8,14H2,1-3H3. The minimum Gasteiger partial charge on any atom is -0.396 e. The lowest BCUT2D eigenvalue weighted by Crippen LogP contribution is -2.18. The molecule has 0 bridgehead atoms. The van der Waals surface area contributed by atoms with Crippen LogP contribution >= 0.6 is 0 Å². The smallest absolute Gasteiger partial charge is 0.181 e. The summed E-state index contributed by atoms with van der Waals surface area (Å²) in [5.74, 6) is -0.103. The Morgan fingerprint density at radius 3 is 2.82 bits per heavy atom. The molecule has 1 rings (SSSR count). The van der Waals surface area contributed by atoms with Crippen molar-refractivity contribution in [3.63, 3.8) is 0 Å². The number of ether oxygens (including phenoxy) is 1. The normalized spacial score (nSPS) is 22.2. The van der Waals surface area contributed by atoms with Gasteiger partial charge in [0.15, 0.2) is 5.78 Å². The molecule has 2 N–H and O–H groups in total. The molecule has 1 aliphatic heterocycles. The molecular weight excluding hydrogens is 216 g/mol. The summed E-state index contributed by atoms with van der Waals surface area (Å²) in [5.41, 5.74) is 6.77.